The van der Waals surface area contributed by atoms with Crippen LogP contribution in [0.3, 0.4) is 0 Å². The first-order valence-electron chi connectivity index (χ1n) is 8.83. The number of nitrogens with one attached hydrogen (secondary N) is 2. The van der Waals surface area contributed by atoms with E-state index in [2.05, 4.69) is 10.0 Å². The van der Waals surface area contributed by atoms with Gasteiger partial charge in [-0.3, -0.25) is 9.52 Å². The summed E-state index contributed by atoms with van der Waals surface area (Å²) in [6.07, 6.45) is 3.78. The van der Waals surface area contributed by atoms with Crippen LogP contribution in [-0.2, 0) is 19.6 Å². The maximum Gasteiger partial charge on any atom is 0.261 e. The lowest BCUT2D eigenvalue weighted by Crippen LogP contribution is -2.23. The van der Waals surface area contributed by atoms with Crippen molar-refractivity contribution in [3.05, 3.63) is 65.2 Å². The molecule has 0 aliphatic heterocycles. The maximum atomic E-state index is 12.5. The number of amides is 1. The first-order valence-corrected chi connectivity index (χ1v) is 10.7. The van der Waals surface area contributed by atoms with Crippen LogP contribution in [0.15, 0.2) is 59.5 Å². The molecule has 8 heteroatoms. The Hall–Kier alpha value is -2.35. The highest BCUT2D eigenvalue weighted by atomic mass is 35.5. The molecule has 0 saturated heterocycles. The second kappa shape index (κ2) is 10.8. The van der Waals surface area contributed by atoms with Gasteiger partial charge >= 0.3 is 0 Å². The van der Waals surface area contributed by atoms with Crippen molar-refractivity contribution in [2.24, 2.45) is 0 Å². The number of benzene rings is 2. The summed E-state index contributed by atoms with van der Waals surface area (Å²) in [6.45, 7) is 3.73. The Morgan fingerprint density at radius 2 is 1.86 bits per heavy atom. The van der Waals surface area contributed by atoms with Crippen LogP contribution in [0.1, 0.15) is 18.9 Å². The fraction of sp³-hybridized carbons (Fsp3) is 0.250. The second-order valence-corrected chi connectivity index (χ2v) is 7.92. The van der Waals surface area contributed by atoms with Gasteiger partial charge in [-0.25, -0.2) is 8.42 Å². The van der Waals surface area contributed by atoms with E-state index in [1.807, 2.05) is 6.92 Å². The quantitative estimate of drug-likeness (QED) is 0.451. The Balaban J connectivity index is 1.93. The second-order valence-electron chi connectivity index (χ2n) is 5.83. The van der Waals surface area contributed by atoms with E-state index in [0.717, 1.165) is 6.42 Å². The predicted molar refractivity (Wildman–Crippen MR) is 112 cm³/mol. The zero-order valence-electron chi connectivity index (χ0n) is 15.5. The molecule has 0 spiro atoms. The van der Waals surface area contributed by atoms with Gasteiger partial charge in [0.2, 0.25) is 5.91 Å². The fourth-order valence-corrected chi connectivity index (χ4v) is 3.59. The van der Waals surface area contributed by atoms with Crippen LogP contribution in [0, 0.1) is 0 Å². The van der Waals surface area contributed by atoms with Crippen molar-refractivity contribution in [1.29, 1.82) is 0 Å². The van der Waals surface area contributed by atoms with Crippen molar-refractivity contribution in [3.8, 4) is 0 Å². The average molecular weight is 423 g/mol. The first-order chi connectivity index (χ1) is 13.4. The summed E-state index contributed by atoms with van der Waals surface area (Å²) in [5.41, 5.74) is 1.02. The van der Waals surface area contributed by atoms with Crippen LogP contribution in [0.25, 0.3) is 6.08 Å². The number of hydrogen-bond acceptors (Lipinski definition) is 4. The van der Waals surface area contributed by atoms with Gasteiger partial charge in [0.25, 0.3) is 10.0 Å². The van der Waals surface area contributed by atoms with Gasteiger partial charge in [-0.1, -0.05) is 35.9 Å². The van der Waals surface area contributed by atoms with Crippen molar-refractivity contribution < 1.29 is 17.9 Å². The summed E-state index contributed by atoms with van der Waals surface area (Å²) in [6, 6.07) is 12.8. The van der Waals surface area contributed by atoms with Gasteiger partial charge in [0.05, 0.1) is 15.6 Å². The molecule has 0 aliphatic carbocycles. The molecule has 0 unspecified atom stereocenters. The van der Waals surface area contributed by atoms with Gasteiger partial charge in [-0.2, -0.15) is 0 Å². The smallest absolute Gasteiger partial charge is 0.261 e. The van der Waals surface area contributed by atoms with Crippen LogP contribution in [-0.4, -0.2) is 34.1 Å². The van der Waals surface area contributed by atoms with Gasteiger partial charge < -0.3 is 10.1 Å². The Kier molecular flexibility index (Phi) is 8.50. The number of sulfonamides is 1. The van der Waals surface area contributed by atoms with E-state index in [0.29, 0.717) is 36.0 Å². The molecule has 0 radical (unpaired) electrons. The highest BCUT2D eigenvalue weighted by molar-refractivity contribution is 7.92. The van der Waals surface area contributed by atoms with Gasteiger partial charge in [0.1, 0.15) is 0 Å². The van der Waals surface area contributed by atoms with E-state index < -0.39 is 10.0 Å². The molecule has 0 heterocycles. The van der Waals surface area contributed by atoms with Crippen LogP contribution in [0.5, 0.6) is 0 Å². The number of anilines is 1. The lowest BCUT2D eigenvalue weighted by molar-refractivity contribution is -0.116. The minimum absolute atomic E-state index is 0.102. The lowest BCUT2D eigenvalue weighted by Gasteiger charge is -2.09. The van der Waals surface area contributed by atoms with Crippen molar-refractivity contribution in [1.82, 2.24) is 5.32 Å². The number of hydrogen-bond donors (Lipinski definition) is 2. The van der Waals surface area contributed by atoms with Gasteiger partial charge in [0, 0.05) is 25.8 Å². The van der Waals surface area contributed by atoms with Gasteiger partial charge in [-0.15, -0.1) is 0 Å². The van der Waals surface area contributed by atoms with Crippen LogP contribution < -0.4 is 10.0 Å². The molecular formula is C20H23ClN2O4S. The molecule has 2 aromatic rings. The van der Waals surface area contributed by atoms with Crippen LogP contribution in [0.2, 0.25) is 5.02 Å². The summed E-state index contributed by atoms with van der Waals surface area (Å²) in [5, 5.41) is 3.07. The normalized spacial score (nSPS) is 11.5. The fourth-order valence-electron chi connectivity index (χ4n) is 2.27. The summed E-state index contributed by atoms with van der Waals surface area (Å²) in [5.74, 6) is -0.214. The molecule has 6 nitrogen and oxygen atoms in total. The van der Waals surface area contributed by atoms with Gasteiger partial charge in [-0.05, 0) is 49.2 Å². The summed E-state index contributed by atoms with van der Waals surface area (Å²) < 4.78 is 32.6. The van der Waals surface area contributed by atoms with Crippen molar-refractivity contribution in [2.45, 2.75) is 18.2 Å². The molecule has 1 amide bonds. The van der Waals surface area contributed by atoms with Crippen molar-refractivity contribution in [3.63, 3.8) is 0 Å². The zero-order chi connectivity index (χ0) is 20.4. The molecule has 0 bridgehead atoms. The Bertz CT molecular complexity index is 912. The number of ether oxygens (including phenoxy) is 1. The third kappa shape index (κ3) is 6.99. The molecule has 150 valence electrons. The monoisotopic (exact) mass is 422 g/mol. The molecule has 2 rings (SSSR count). The zero-order valence-corrected chi connectivity index (χ0v) is 17.1. The molecule has 0 aliphatic rings. The first kappa shape index (κ1) is 21.9. The standard InChI is InChI=1S/C20H23ClN2O4S/c1-2-27-15-5-14-22-20(24)13-10-16-8-11-17(12-9-16)28(25,26)23-19-7-4-3-6-18(19)21/h3-4,6-13,23H,2,5,14-15H2,1H3,(H,22,24)/b13-10+. The summed E-state index contributed by atoms with van der Waals surface area (Å²) in [7, 11) is -3.75. The Morgan fingerprint density at radius 3 is 2.54 bits per heavy atom. The average Bonchev–Trinajstić information content (AvgIpc) is 2.68. The largest absolute Gasteiger partial charge is 0.382 e. The van der Waals surface area contributed by atoms with Crippen molar-refractivity contribution >= 4 is 39.3 Å². The highest BCUT2D eigenvalue weighted by Gasteiger charge is 2.15. The van der Waals surface area contributed by atoms with E-state index in [-0.39, 0.29) is 10.8 Å². The predicted octanol–water partition coefficient (Wildman–Crippen LogP) is 3.70. The van der Waals surface area contributed by atoms with E-state index in [4.69, 9.17) is 16.3 Å². The minimum Gasteiger partial charge on any atom is -0.382 e. The number of halogens is 1. The minimum atomic E-state index is -3.75. The number of carbonyl (C=O) groups excluding carboxylic acids is 1. The molecule has 0 aromatic heterocycles. The van der Waals surface area contributed by atoms with Gasteiger partial charge in [0.15, 0.2) is 0 Å². The lowest BCUT2D eigenvalue weighted by atomic mass is 10.2. The Morgan fingerprint density at radius 1 is 1.14 bits per heavy atom. The van der Waals surface area contributed by atoms with Crippen LogP contribution >= 0.6 is 11.6 Å². The van der Waals surface area contributed by atoms with E-state index in [9.17, 15) is 13.2 Å². The molecule has 2 aromatic carbocycles. The van der Waals surface area contributed by atoms with E-state index in [1.54, 1.807) is 42.5 Å². The molecule has 0 saturated carbocycles. The number of rotatable bonds is 10. The van der Waals surface area contributed by atoms with Crippen molar-refractivity contribution in [2.75, 3.05) is 24.5 Å². The van der Waals surface area contributed by atoms with E-state index in [1.165, 1.54) is 18.2 Å². The summed E-state index contributed by atoms with van der Waals surface area (Å²) in [4.78, 5) is 11.9. The van der Waals surface area contributed by atoms with Crippen LogP contribution in [0.4, 0.5) is 5.69 Å². The van der Waals surface area contributed by atoms with E-state index >= 15 is 0 Å². The molecule has 2 N–H and O–H groups in total. The molecule has 28 heavy (non-hydrogen) atoms. The maximum absolute atomic E-state index is 12.5. The molecule has 0 atom stereocenters. The third-order valence-electron chi connectivity index (χ3n) is 3.70. The molecular weight excluding hydrogens is 400 g/mol. The number of para-hydroxylation sites is 1. The molecule has 0 fully saturated rings. The topological polar surface area (TPSA) is 84.5 Å². The highest BCUT2D eigenvalue weighted by Crippen LogP contribution is 2.24. The SMILES string of the molecule is CCOCCCNC(=O)/C=C/c1ccc(S(=O)(=O)Nc2ccccc2Cl)cc1. The summed E-state index contributed by atoms with van der Waals surface area (Å²) >= 11 is 5.99. The third-order valence-corrected chi connectivity index (χ3v) is 5.42. The number of carbonyl (C=O) groups is 1. The Labute approximate surface area is 170 Å².